The van der Waals surface area contributed by atoms with Crippen LogP contribution >= 0.6 is 0 Å². The lowest BCUT2D eigenvalue weighted by Gasteiger charge is -2.25. The third-order valence-corrected chi connectivity index (χ3v) is 4.07. The van der Waals surface area contributed by atoms with Crippen molar-refractivity contribution in [2.24, 2.45) is 0 Å². The monoisotopic (exact) mass is 338 g/mol. The zero-order valence-corrected chi connectivity index (χ0v) is 13.3. The first-order valence-corrected chi connectivity index (χ1v) is 7.62. The molecule has 0 unspecified atom stereocenters. The van der Waals surface area contributed by atoms with Gasteiger partial charge < -0.3 is 9.88 Å². The van der Waals surface area contributed by atoms with Crippen molar-refractivity contribution >= 4 is 5.91 Å². The van der Waals surface area contributed by atoms with Crippen molar-refractivity contribution in [1.82, 2.24) is 19.9 Å². The Morgan fingerprint density at radius 3 is 2.71 bits per heavy atom. The van der Waals surface area contributed by atoms with Crippen LogP contribution in [0.15, 0.2) is 18.3 Å². The minimum atomic E-state index is -4.52. The second-order valence-corrected chi connectivity index (χ2v) is 5.99. The number of carbonyl (C=O) groups is 1. The van der Waals surface area contributed by atoms with Gasteiger partial charge in [0.2, 0.25) is 0 Å². The van der Waals surface area contributed by atoms with E-state index >= 15 is 0 Å². The number of pyridine rings is 1. The summed E-state index contributed by atoms with van der Waals surface area (Å²) < 4.78 is 39.9. The average Bonchev–Trinajstić information content (AvgIpc) is 2.85. The predicted octanol–water partition coefficient (Wildman–Crippen LogP) is 2.66. The summed E-state index contributed by atoms with van der Waals surface area (Å²) in [7, 11) is 0. The molecule has 5 nitrogen and oxygen atoms in total. The number of rotatable bonds is 2. The van der Waals surface area contributed by atoms with E-state index in [1.54, 1.807) is 0 Å². The maximum atomic E-state index is 12.6. The van der Waals surface area contributed by atoms with Gasteiger partial charge in [-0.15, -0.1) is 0 Å². The highest BCUT2D eigenvalue weighted by Gasteiger charge is 2.33. The van der Waals surface area contributed by atoms with Gasteiger partial charge in [0.05, 0.1) is 17.0 Å². The lowest BCUT2D eigenvalue weighted by molar-refractivity contribution is -0.141. The van der Waals surface area contributed by atoms with E-state index in [2.05, 4.69) is 15.3 Å². The van der Waals surface area contributed by atoms with Crippen molar-refractivity contribution in [2.45, 2.75) is 45.5 Å². The van der Waals surface area contributed by atoms with E-state index < -0.39 is 17.8 Å². The lowest BCUT2D eigenvalue weighted by atomic mass is 10.1. The molecule has 0 aliphatic carbocycles. The first kappa shape index (κ1) is 16.5. The normalized spacial score (nSPS) is 17.5. The topological polar surface area (TPSA) is 59.8 Å². The highest BCUT2D eigenvalue weighted by Crippen LogP contribution is 2.28. The summed E-state index contributed by atoms with van der Waals surface area (Å²) >= 11 is 0. The number of imidazole rings is 1. The van der Waals surface area contributed by atoms with E-state index in [-0.39, 0.29) is 17.3 Å². The van der Waals surface area contributed by atoms with Crippen molar-refractivity contribution in [3.63, 3.8) is 0 Å². The summed E-state index contributed by atoms with van der Waals surface area (Å²) in [4.78, 5) is 20.3. The highest BCUT2D eigenvalue weighted by atomic mass is 19.4. The molecule has 2 aromatic heterocycles. The molecule has 3 heterocycles. The van der Waals surface area contributed by atoms with Crippen LogP contribution in [0.5, 0.6) is 0 Å². The molecule has 1 amide bonds. The quantitative estimate of drug-likeness (QED) is 0.916. The molecule has 1 aliphatic heterocycles. The second kappa shape index (κ2) is 5.92. The molecular weight excluding hydrogens is 321 g/mol. The number of hydrogen-bond donors (Lipinski definition) is 1. The van der Waals surface area contributed by atoms with Crippen LogP contribution in [0.1, 0.15) is 39.7 Å². The fourth-order valence-electron chi connectivity index (χ4n) is 2.93. The van der Waals surface area contributed by atoms with Gasteiger partial charge in [0.1, 0.15) is 11.5 Å². The van der Waals surface area contributed by atoms with Crippen LogP contribution in [0.4, 0.5) is 13.2 Å². The molecule has 1 aliphatic rings. The number of nitrogens with zero attached hydrogens (tertiary/aromatic N) is 3. The van der Waals surface area contributed by atoms with Crippen molar-refractivity contribution in [1.29, 1.82) is 0 Å². The Balaban J connectivity index is 1.72. The van der Waals surface area contributed by atoms with Gasteiger partial charge in [0.15, 0.2) is 0 Å². The predicted molar refractivity (Wildman–Crippen MR) is 80.5 cm³/mol. The molecule has 0 fully saturated rings. The molecule has 128 valence electrons. The van der Waals surface area contributed by atoms with Crippen LogP contribution in [0.2, 0.25) is 0 Å². The Hall–Kier alpha value is -2.38. The summed E-state index contributed by atoms with van der Waals surface area (Å²) in [6.07, 6.45) is -1.09. The number of halogens is 3. The smallest absolute Gasteiger partial charge is 0.347 e. The van der Waals surface area contributed by atoms with E-state index in [4.69, 9.17) is 0 Å². The Kier molecular flexibility index (Phi) is 4.06. The van der Waals surface area contributed by atoms with Crippen molar-refractivity contribution < 1.29 is 18.0 Å². The average molecular weight is 338 g/mol. The molecule has 0 saturated carbocycles. The lowest BCUT2D eigenvalue weighted by Crippen LogP contribution is -2.41. The molecule has 2 aromatic rings. The van der Waals surface area contributed by atoms with Gasteiger partial charge in [-0.1, -0.05) is 0 Å². The van der Waals surface area contributed by atoms with E-state index in [9.17, 15) is 18.0 Å². The Labute approximate surface area is 136 Å². The molecule has 0 spiro atoms. The van der Waals surface area contributed by atoms with Crippen LogP contribution in [0.25, 0.3) is 0 Å². The molecule has 0 radical (unpaired) electrons. The fraction of sp³-hybridized carbons (Fsp3) is 0.438. The molecule has 0 saturated heterocycles. The number of carbonyl (C=O) groups excluding carboxylic acids is 1. The van der Waals surface area contributed by atoms with E-state index in [0.717, 1.165) is 30.4 Å². The van der Waals surface area contributed by atoms with Gasteiger partial charge in [-0.25, -0.2) is 9.97 Å². The van der Waals surface area contributed by atoms with Crippen molar-refractivity contribution in [3.8, 4) is 0 Å². The second-order valence-electron chi connectivity index (χ2n) is 5.99. The van der Waals surface area contributed by atoms with Crippen LogP contribution in [-0.4, -0.2) is 26.5 Å². The summed E-state index contributed by atoms with van der Waals surface area (Å²) in [6.45, 7) is 3.92. The molecule has 3 rings (SSSR count). The molecule has 1 N–H and O–H groups in total. The minimum absolute atomic E-state index is 0.0669. The molecule has 8 heteroatoms. The van der Waals surface area contributed by atoms with E-state index in [1.807, 2.05) is 17.7 Å². The van der Waals surface area contributed by atoms with Crippen LogP contribution in [0, 0.1) is 13.8 Å². The summed E-state index contributed by atoms with van der Waals surface area (Å²) in [5, 5.41) is 2.88. The molecular formula is C16H17F3N4O. The third-order valence-electron chi connectivity index (χ3n) is 4.07. The Bertz CT molecular complexity index is 782. The maximum Gasteiger partial charge on any atom is 0.433 e. The van der Waals surface area contributed by atoms with Gasteiger partial charge in [0.25, 0.3) is 5.91 Å². The zero-order valence-electron chi connectivity index (χ0n) is 13.3. The largest absolute Gasteiger partial charge is 0.433 e. The minimum Gasteiger partial charge on any atom is -0.347 e. The summed E-state index contributed by atoms with van der Waals surface area (Å²) in [5.74, 6) is 0.587. The number of alkyl halides is 3. The van der Waals surface area contributed by atoms with Gasteiger partial charge in [-0.2, -0.15) is 13.2 Å². The zero-order chi connectivity index (χ0) is 17.5. The van der Waals surface area contributed by atoms with Crippen LogP contribution in [0.3, 0.4) is 0 Å². The number of amides is 1. The highest BCUT2D eigenvalue weighted by molar-refractivity contribution is 5.95. The number of aromatic nitrogens is 3. The first-order valence-electron chi connectivity index (χ1n) is 7.62. The number of fused-ring (bicyclic) bond motifs is 1. The van der Waals surface area contributed by atoms with Gasteiger partial charge in [-0.3, -0.25) is 4.79 Å². The van der Waals surface area contributed by atoms with Gasteiger partial charge >= 0.3 is 6.18 Å². The molecule has 0 aromatic carbocycles. The SMILES string of the molecule is Cc1cn2c(n1)CC[C@@H](NC(=O)c1ccc(C(F)(F)F)nc1C)C2. The molecule has 0 bridgehead atoms. The third kappa shape index (κ3) is 3.27. The number of nitrogens with one attached hydrogen (secondary N) is 1. The van der Waals surface area contributed by atoms with Crippen LogP contribution in [-0.2, 0) is 19.1 Å². The summed E-state index contributed by atoms with van der Waals surface area (Å²) in [5.41, 5.74) is 0.167. The standard InChI is InChI=1S/C16H17F3N4O/c1-9-7-23-8-11(3-6-14(23)20-9)22-15(24)12-4-5-13(16(17,18)19)21-10(12)2/h4-5,7,11H,3,6,8H2,1-2H3,(H,22,24)/t11-/m1/s1. The fourth-order valence-corrected chi connectivity index (χ4v) is 2.93. The van der Waals surface area contributed by atoms with E-state index in [1.165, 1.54) is 13.0 Å². The van der Waals surface area contributed by atoms with E-state index in [0.29, 0.717) is 6.54 Å². The number of hydrogen-bond acceptors (Lipinski definition) is 3. The van der Waals surface area contributed by atoms with Gasteiger partial charge in [-0.05, 0) is 32.4 Å². The molecule has 1 atom stereocenters. The van der Waals surface area contributed by atoms with Gasteiger partial charge in [0, 0.05) is 25.2 Å². The first-order chi connectivity index (χ1) is 11.2. The number of aryl methyl sites for hydroxylation is 3. The van der Waals surface area contributed by atoms with Crippen LogP contribution < -0.4 is 5.32 Å². The maximum absolute atomic E-state index is 12.6. The Morgan fingerprint density at radius 2 is 2.04 bits per heavy atom. The summed E-state index contributed by atoms with van der Waals surface area (Å²) in [6, 6.07) is 1.93. The Morgan fingerprint density at radius 1 is 1.29 bits per heavy atom. The van der Waals surface area contributed by atoms with Crippen molar-refractivity contribution in [2.75, 3.05) is 0 Å². The molecule has 24 heavy (non-hydrogen) atoms. The van der Waals surface area contributed by atoms with Crippen molar-refractivity contribution in [3.05, 3.63) is 46.8 Å².